The number of carboxylic acid groups (broad SMARTS) is 1. The van der Waals surface area contributed by atoms with E-state index in [4.69, 9.17) is 5.11 Å². The van der Waals surface area contributed by atoms with Crippen LogP contribution < -0.4 is 0 Å². The molecule has 0 saturated heterocycles. The Morgan fingerprint density at radius 1 is 1.40 bits per heavy atom. The van der Waals surface area contributed by atoms with Gasteiger partial charge in [-0.05, 0) is 29.5 Å². The van der Waals surface area contributed by atoms with Crippen molar-refractivity contribution in [3.8, 4) is 0 Å². The molecular formula is C11H8F2O2. The minimum atomic E-state index is -0.903. The number of carbonyl (C=O) groups is 1. The number of benzene rings is 1. The molecule has 2 aliphatic carbocycles. The van der Waals surface area contributed by atoms with E-state index in [2.05, 4.69) is 0 Å². The maximum Gasteiger partial charge on any atom is 0.307 e. The van der Waals surface area contributed by atoms with Gasteiger partial charge in [-0.3, -0.25) is 4.79 Å². The van der Waals surface area contributed by atoms with Crippen molar-refractivity contribution >= 4 is 5.97 Å². The lowest BCUT2D eigenvalue weighted by atomic mass is 10.0. The fourth-order valence-electron chi connectivity index (χ4n) is 2.76. The van der Waals surface area contributed by atoms with Crippen molar-refractivity contribution in [3.63, 3.8) is 0 Å². The van der Waals surface area contributed by atoms with Gasteiger partial charge in [-0.1, -0.05) is 6.07 Å². The first kappa shape index (κ1) is 8.83. The first-order chi connectivity index (χ1) is 7.11. The summed E-state index contributed by atoms with van der Waals surface area (Å²) in [5.41, 5.74) is 1.06. The first-order valence-electron chi connectivity index (χ1n) is 4.81. The Morgan fingerprint density at radius 3 is 2.80 bits per heavy atom. The van der Waals surface area contributed by atoms with E-state index in [9.17, 15) is 13.6 Å². The van der Waals surface area contributed by atoms with Crippen LogP contribution in [0, 0.1) is 23.5 Å². The van der Waals surface area contributed by atoms with Crippen molar-refractivity contribution in [3.05, 3.63) is 34.9 Å². The molecule has 2 nitrogen and oxygen atoms in total. The van der Waals surface area contributed by atoms with Crippen LogP contribution in [0.4, 0.5) is 8.78 Å². The van der Waals surface area contributed by atoms with Crippen molar-refractivity contribution in [2.75, 3.05) is 0 Å². The zero-order valence-corrected chi connectivity index (χ0v) is 7.71. The Bertz CT molecular complexity index is 470. The first-order valence-corrected chi connectivity index (χ1v) is 4.81. The van der Waals surface area contributed by atoms with Gasteiger partial charge in [-0.15, -0.1) is 0 Å². The van der Waals surface area contributed by atoms with Crippen molar-refractivity contribution in [1.82, 2.24) is 0 Å². The second-order valence-corrected chi connectivity index (χ2v) is 4.19. The zero-order valence-electron chi connectivity index (χ0n) is 7.71. The van der Waals surface area contributed by atoms with Gasteiger partial charge >= 0.3 is 5.97 Å². The highest BCUT2D eigenvalue weighted by atomic mass is 19.2. The van der Waals surface area contributed by atoms with Crippen LogP contribution in [0.5, 0.6) is 0 Å². The van der Waals surface area contributed by atoms with Gasteiger partial charge in [0.2, 0.25) is 0 Å². The molecule has 0 aromatic heterocycles. The Kier molecular flexibility index (Phi) is 1.51. The lowest BCUT2D eigenvalue weighted by molar-refractivity contribution is -0.139. The van der Waals surface area contributed by atoms with E-state index in [1.165, 1.54) is 0 Å². The number of hydrogen-bond acceptors (Lipinski definition) is 1. The van der Waals surface area contributed by atoms with Crippen LogP contribution in [0.3, 0.4) is 0 Å². The summed E-state index contributed by atoms with van der Waals surface area (Å²) >= 11 is 0. The van der Waals surface area contributed by atoms with Crippen molar-refractivity contribution in [2.24, 2.45) is 11.8 Å². The Balaban J connectivity index is 2.08. The molecule has 1 N–H and O–H groups in total. The molecule has 1 fully saturated rings. The van der Waals surface area contributed by atoms with Crippen LogP contribution in [-0.4, -0.2) is 11.1 Å². The van der Waals surface area contributed by atoms with Gasteiger partial charge < -0.3 is 5.11 Å². The molecule has 0 heterocycles. The van der Waals surface area contributed by atoms with E-state index in [1.54, 1.807) is 6.07 Å². The number of rotatable bonds is 1. The largest absolute Gasteiger partial charge is 0.481 e. The average molecular weight is 210 g/mol. The Morgan fingerprint density at radius 2 is 2.13 bits per heavy atom. The maximum atomic E-state index is 13.4. The molecule has 0 amide bonds. The van der Waals surface area contributed by atoms with E-state index < -0.39 is 23.5 Å². The Hall–Kier alpha value is -1.45. The summed E-state index contributed by atoms with van der Waals surface area (Å²) in [6, 6.07) is 2.66. The van der Waals surface area contributed by atoms with Crippen LogP contribution in [-0.2, 0) is 11.2 Å². The smallest absolute Gasteiger partial charge is 0.307 e. The highest BCUT2D eigenvalue weighted by Crippen LogP contribution is 2.62. The molecule has 3 atom stereocenters. The fourth-order valence-corrected chi connectivity index (χ4v) is 2.76. The number of aliphatic carboxylic acids is 1. The predicted molar refractivity (Wildman–Crippen MR) is 47.4 cm³/mol. The van der Waals surface area contributed by atoms with Gasteiger partial charge in [0, 0.05) is 5.92 Å². The molecule has 1 aromatic carbocycles. The number of halogens is 2. The lowest BCUT2D eigenvalue weighted by Gasteiger charge is -2.06. The van der Waals surface area contributed by atoms with Crippen molar-refractivity contribution < 1.29 is 18.7 Å². The van der Waals surface area contributed by atoms with Crippen LogP contribution >= 0.6 is 0 Å². The molecule has 1 saturated carbocycles. The molecule has 78 valence electrons. The van der Waals surface area contributed by atoms with Gasteiger partial charge in [-0.2, -0.15) is 0 Å². The lowest BCUT2D eigenvalue weighted by Crippen LogP contribution is -2.06. The van der Waals surface area contributed by atoms with E-state index in [0.717, 1.165) is 11.6 Å². The summed E-state index contributed by atoms with van der Waals surface area (Å²) in [4.78, 5) is 10.8. The molecule has 0 aliphatic heterocycles. The molecule has 0 radical (unpaired) electrons. The summed E-state index contributed by atoms with van der Waals surface area (Å²) in [7, 11) is 0. The third-order valence-corrected chi connectivity index (χ3v) is 3.47. The molecule has 3 rings (SSSR count). The summed E-state index contributed by atoms with van der Waals surface area (Å²) in [6.45, 7) is 0. The molecule has 3 unspecified atom stereocenters. The number of fused-ring (bicyclic) bond motifs is 3. The van der Waals surface area contributed by atoms with Gasteiger partial charge in [0.1, 0.15) is 0 Å². The minimum absolute atomic E-state index is 0.0196. The molecular weight excluding hydrogens is 202 g/mol. The molecule has 1 aromatic rings. The van der Waals surface area contributed by atoms with Gasteiger partial charge in [-0.25, -0.2) is 8.78 Å². The summed E-state index contributed by atoms with van der Waals surface area (Å²) < 4.78 is 26.4. The summed E-state index contributed by atoms with van der Waals surface area (Å²) in [5.74, 6) is -3.47. The minimum Gasteiger partial charge on any atom is -0.481 e. The zero-order chi connectivity index (χ0) is 10.7. The molecule has 2 aliphatic rings. The topological polar surface area (TPSA) is 37.3 Å². The van der Waals surface area contributed by atoms with E-state index >= 15 is 0 Å². The van der Waals surface area contributed by atoms with Gasteiger partial charge in [0.05, 0.1) is 5.92 Å². The second kappa shape index (κ2) is 2.56. The third-order valence-electron chi connectivity index (χ3n) is 3.47. The molecule has 0 bridgehead atoms. The quantitative estimate of drug-likeness (QED) is 0.769. The van der Waals surface area contributed by atoms with Gasteiger partial charge in [0.15, 0.2) is 11.6 Å². The Labute approximate surface area is 84.5 Å². The number of hydrogen-bond donors (Lipinski definition) is 1. The maximum absolute atomic E-state index is 13.4. The van der Waals surface area contributed by atoms with Crippen LogP contribution in [0.1, 0.15) is 17.0 Å². The second-order valence-electron chi connectivity index (χ2n) is 4.19. The van der Waals surface area contributed by atoms with E-state index in [0.29, 0.717) is 12.0 Å². The van der Waals surface area contributed by atoms with Crippen LogP contribution in [0.15, 0.2) is 12.1 Å². The van der Waals surface area contributed by atoms with Crippen LogP contribution in [0.2, 0.25) is 0 Å². The average Bonchev–Trinajstić information content (AvgIpc) is 2.76. The van der Waals surface area contributed by atoms with E-state index in [1.807, 2.05) is 0 Å². The molecule has 0 spiro atoms. The van der Waals surface area contributed by atoms with E-state index in [-0.39, 0.29) is 11.8 Å². The van der Waals surface area contributed by atoms with Crippen molar-refractivity contribution in [2.45, 2.75) is 12.3 Å². The highest BCUT2D eigenvalue weighted by Gasteiger charge is 2.60. The SMILES string of the molecule is O=C(O)C1C2Cc3ccc(F)c(F)c3C21. The summed E-state index contributed by atoms with van der Waals surface area (Å²) in [5, 5.41) is 8.83. The normalized spacial score (nSPS) is 30.9. The summed E-state index contributed by atoms with van der Waals surface area (Å²) in [6.07, 6.45) is 0.564. The predicted octanol–water partition coefficient (Wildman–Crippen LogP) is 1.94. The fraction of sp³-hybridized carbons (Fsp3) is 0.364. The third kappa shape index (κ3) is 0.991. The standard InChI is InChI=1S/C11H8F2O2/c12-6-2-1-4-3-5-8(7(4)10(6)13)9(5)11(14)15/h1-2,5,8-9H,3H2,(H,14,15). The van der Waals surface area contributed by atoms with Crippen molar-refractivity contribution in [1.29, 1.82) is 0 Å². The van der Waals surface area contributed by atoms with Gasteiger partial charge in [0.25, 0.3) is 0 Å². The van der Waals surface area contributed by atoms with Crippen LogP contribution in [0.25, 0.3) is 0 Å². The highest BCUT2D eigenvalue weighted by molar-refractivity contribution is 5.77. The number of carboxylic acids is 1. The molecule has 15 heavy (non-hydrogen) atoms. The monoisotopic (exact) mass is 210 g/mol. The molecule has 4 heteroatoms.